The lowest BCUT2D eigenvalue weighted by Crippen LogP contribution is -2.29. The van der Waals surface area contributed by atoms with Gasteiger partial charge >= 0.3 is 0 Å². The molecule has 0 unspecified atom stereocenters. The lowest BCUT2D eigenvalue weighted by Gasteiger charge is -2.35. The zero-order valence-corrected chi connectivity index (χ0v) is 36.7. The summed E-state index contributed by atoms with van der Waals surface area (Å²) >= 11 is 0. The molecule has 2 aliphatic carbocycles. The summed E-state index contributed by atoms with van der Waals surface area (Å²) in [5.74, 6) is 0.864. The van der Waals surface area contributed by atoms with E-state index in [2.05, 4.69) is 248 Å². The first-order valence-electron chi connectivity index (χ1n) is 23.1. The van der Waals surface area contributed by atoms with Gasteiger partial charge in [0.1, 0.15) is 5.76 Å². The molecule has 0 atom stereocenters. The minimum absolute atomic E-state index is 0.525. The first kappa shape index (κ1) is 38.7. The van der Waals surface area contributed by atoms with Crippen LogP contribution in [-0.2, 0) is 5.41 Å². The van der Waals surface area contributed by atoms with Crippen molar-refractivity contribution in [3.8, 4) is 78.1 Å². The number of anilines is 3. The number of rotatable bonds is 7. The Morgan fingerprint density at radius 1 is 0.254 bits per heavy atom. The van der Waals surface area contributed by atoms with Gasteiger partial charge in [-0.15, -0.1) is 0 Å². The van der Waals surface area contributed by atoms with E-state index in [1.807, 2.05) is 12.1 Å². The van der Waals surface area contributed by atoms with E-state index in [1.54, 1.807) is 6.26 Å². The van der Waals surface area contributed by atoms with Crippen LogP contribution in [0.25, 0.3) is 78.1 Å². The lowest BCUT2D eigenvalue weighted by atomic mass is 9.65. The van der Waals surface area contributed by atoms with E-state index >= 15 is 0 Å². The highest BCUT2D eigenvalue weighted by molar-refractivity contribution is 5.98. The highest BCUT2D eigenvalue weighted by atomic mass is 16.3. The molecule has 0 bridgehead atoms. The second-order valence-electron chi connectivity index (χ2n) is 17.6. The molecule has 2 nitrogen and oxygen atoms in total. The van der Waals surface area contributed by atoms with Crippen molar-refractivity contribution < 1.29 is 4.42 Å². The molecular weight excluding hydrogens is 811 g/mol. The van der Waals surface area contributed by atoms with E-state index in [0.29, 0.717) is 0 Å². The van der Waals surface area contributed by atoms with Crippen molar-refractivity contribution in [1.29, 1.82) is 0 Å². The van der Waals surface area contributed by atoms with Gasteiger partial charge in [-0.3, -0.25) is 0 Å². The third kappa shape index (κ3) is 6.26. The molecule has 13 rings (SSSR count). The minimum atomic E-state index is -0.525. The molecular formula is C65H43NO. The Morgan fingerprint density at radius 3 is 1.16 bits per heavy atom. The number of hydrogen-bond donors (Lipinski definition) is 0. The van der Waals surface area contributed by atoms with E-state index in [4.69, 9.17) is 4.42 Å². The number of benzene rings is 10. The van der Waals surface area contributed by atoms with Crippen molar-refractivity contribution in [2.45, 2.75) is 5.41 Å². The summed E-state index contributed by atoms with van der Waals surface area (Å²) in [5.41, 5.74) is 23.8. The molecule has 67 heavy (non-hydrogen) atoms. The standard InChI is InChI=1S/C65H43NO/c1-2-14-44(15-3-1)45-27-34-51(35-28-45)66(52-36-29-46(30-37-52)48-16-12-17-50(42-48)64-26-13-41-67-64)53-38-31-47(32-39-53)49-33-40-59-58-22-8-11-25-62(58)65(63(59)43-49)60-23-9-6-20-56(60)54-18-4-5-19-55(54)57-21-7-10-24-61(57)65/h1-43H. The van der Waals surface area contributed by atoms with Crippen LogP contribution in [0.3, 0.4) is 0 Å². The third-order valence-corrected chi connectivity index (χ3v) is 14.0. The van der Waals surface area contributed by atoms with Crippen LogP contribution in [-0.4, -0.2) is 0 Å². The quantitative estimate of drug-likeness (QED) is 0.159. The Balaban J connectivity index is 0.924. The molecule has 2 heteroatoms. The Hall–Kier alpha value is -8.72. The fourth-order valence-electron chi connectivity index (χ4n) is 11.0. The predicted octanol–water partition coefficient (Wildman–Crippen LogP) is 17.4. The van der Waals surface area contributed by atoms with Crippen LogP contribution in [0.5, 0.6) is 0 Å². The van der Waals surface area contributed by atoms with Gasteiger partial charge in [-0.2, -0.15) is 0 Å². The fraction of sp³-hybridized carbons (Fsp3) is 0.0154. The van der Waals surface area contributed by atoms with Crippen LogP contribution in [0.2, 0.25) is 0 Å². The van der Waals surface area contributed by atoms with Gasteiger partial charge in [-0.1, -0.05) is 194 Å². The van der Waals surface area contributed by atoms with E-state index in [1.165, 1.54) is 77.9 Å². The smallest absolute Gasteiger partial charge is 0.133 e. The molecule has 0 saturated heterocycles. The molecule has 10 aromatic carbocycles. The number of furan rings is 1. The summed E-state index contributed by atoms with van der Waals surface area (Å²) in [4.78, 5) is 2.35. The second kappa shape index (κ2) is 15.8. The van der Waals surface area contributed by atoms with Crippen molar-refractivity contribution >= 4 is 17.1 Å². The maximum Gasteiger partial charge on any atom is 0.133 e. The van der Waals surface area contributed by atoms with Crippen molar-refractivity contribution in [1.82, 2.24) is 0 Å². The first-order valence-corrected chi connectivity index (χ1v) is 23.1. The van der Waals surface area contributed by atoms with Gasteiger partial charge in [0.05, 0.1) is 11.7 Å². The van der Waals surface area contributed by atoms with E-state index in [9.17, 15) is 0 Å². The van der Waals surface area contributed by atoms with Crippen LogP contribution in [0, 0.1) is 0 Å². The molecule has 1 heterocycles. The Morgan fingerprint density at radius 2 is 0.642 bits per heavy atom. The topological polar surface area (TPSA) is 16.4 Å². The third-order valence-electron chi connectivity index (χ3n) is 14.0. The molecule has 1 aromatic heterocycles. The molecule has 1 spiro atoms. The van der Waals surface area contributed by atoms with Gasteiger partial charge in [0, 0.05) is 22.6 Å². The summed E-state index contributed by atoms with van der Waals surface area (Å²) in [6.07, 6.45) is 1.72. The van der Waals surface area contributed by atoms with Crippen molar-refractivity contribution in [2.24, 2.45) is 0 Å². The molecule has 0 amide bonds. The molecule has 0 radical (unpaired) electrons. The lowest BCUT2D eigenvalue weighted by molar-refractivity contribution is 0.582. The SMILES string of the molecule is c1ccc(-c2ccc(N(c3ccc(-c4cccc(-c5ccco5)c4)cc3)c3ccc(-c4ccc5c(c4)C4(c6ccccc6-c6ccccc6-c6ccccc64)c4ccccc4-5)cc3)cc2)cc1. The zero-order valence-electron chi connectivity index (χ0n) is 36.7. The highest BCUT2D eigenvalue weighted by Crippen LogP contribution is 2.61. The maximum absolute atomic E-state index is 5.73. The maximum atomic E-state index is 5.73. The number of nitrogens with zero attached hydrogens (tertiary/aromatic N) is 1. The normalized spacial score (nSPS) is 12.6. The van der Waals surface area contributed by atoms with Gasteiger partial charge in [-0.25, -0.2) is 0 Å². The van der Waals surface area contributed by atoms with Crippen LogP contribution in [0.1, 0.15) is 22.3 Å². The average Bonchev–Trinajstić information content (AvgIpc) is 4.03. The van der Waals surface area contributed by atoms with Gasteiger partial charge in [0.2, 0.25) is 0 Å². The zero-order chi connectivity index (χ0) is 44.3. The van der Waals surface area contributed by atoms with Crippen molar-refractivity contribution in [3.05, 3.63) is 283 Å². The van der Waals surface area contributed by atoms with Crippen LogP contribution >= 0.6 is 0 Å². The summed E-state index contributed by atoms with van der Waals surface area (Å²) in [7, 11) is 0. The van der Waals surface area contributed by atoms with E-state index in [-0.39, 0.29) is 0 Å². The second-order valence-corrected chi connectivity index (χ2v) is 17.6. The Kier molecular flexibility index (Phi) is 9.11. The van der Waals surface area contributed by atoms with Crippen LogP contribution in [0.4, 0.5) is 17.1 Å². The summed E-state index contributed by atoms with van der Waals surface area (Å²) in [5, 5.41) is 0. The molecule has 0 fully saturated rings. The summed E-state index contributed by atoms with van der Waals surface area (Å²) < 4.78 is 5.73. The average molecular weight is 854 g/mol. The molecule has 11 aromatic rings. The summed E-state index contributed by atoms with van der Waals surface area (Å²) in [6.45, 7) is 0. The van der Waals surface area contributed by atoms with Gasteiger partial charge in [0.25, 0.3) is 0 Å². The molecule has 0 aliphatic heterocycles. The number of fused-ring (bicyclic) bond motifs is 12. The summed E-state index contributed by atoms with van der Waals surface area (Å²) in [6, 6.07) is 93.3. The van der Waals surface area contributed by atoms with E-state index < -0.39 is 5.41 Å². The molecule has 0 saturated carbocycles. The highest BCUT2D eigenvalue weighted by Gasteiger charge is 2.49. The number of hydrogen-bond acceptors (Lipinski definition) is 2. The monoisotopic (exact) mass is 853 g/mol. The minimum Gasteiger partial charge on any atom is -0.464 e. The van der Waals surface area contributed by atoms with Crippen molar-refractivity contribution in [3.63, 3.8) is 0 Å². The van der Waals surface area contributed by atoms with Crippen LogP contribution < -0.4 is 4.90 Å². The molecule has 314 valence electrons. The Bertz CT molecular complexity index is 3540. The van der Waals surface area contributed by atoms with Gasteiger partial charge in [0.15, 0.2) is 0 Å². The first-order chi connectivity index (χ1) is 33.2. The van der Waals surface area contributed by atoms with Gasteiger partial charge in [-0.05, 0) is 150 Å². The van der Waals surface area contributed by atoms with E-state index in [0.717, 1.165) is 39.5 Å². The molecule has 2 aliphatic rings. The predicted molar refractivity (Wildman–Crippen MR) is 277 cm³/mol. The van der Waals surface area contributed by atoms with Crippen LogP contribution in [0.15, 0.2) is 265 Å². The Labute approximate surface area is 391 Å². The van der Waals surface area contributed by atoms with Gasteiger partial charge < -0.3 is 9.32 Å². The molecule has 0 N–H and O–H groups in total. The largest absolute Gasteiger partial charge is 0.464 e. The van der Waals surface area contributed by atoms with Crippen molar-refractivity contribution in [2.75, 3.05) is 4.90 Å². The fourth-order valence-corrected chi connectivity index (χ4v) is 11.0.